The monoisotopic (exact) mass is 275 g/mol. The van der Waals surface area contributed by atoms with E-state index in [1.165, 1.54) is 0 Å². The highest BCUT2D eigenvalue weighted by molar-refractivity contribution is 7.89. The number of hydrogen-bond acceptors (Lipinski definition) is 4. The van der Waals surface area contributed by atoms with Crippen molar-refractivity contribution in [2.75, 3.05) is 6.61 Å². The average molecular weight is 275 g/mol. The van der Waals surface area contributed by atoms with Gasteiger partial charge in [-0.2, -0.15) is 5.10 Å². The summed E-state index contributed by atoms with van der Waals surface area (Å²) in [5.41, 5.74) is 1.08. The normalized spacial score (nSPS) is 15.7. The summed E-state index contributed by atoms with van der Waals surface area (Å²) < 4.78 is 28.7. The molecule has 1 heterocycles. The maximum absolute atomic E-state index is 12.3. The Balaban J connectivity index is 3.08. The van der Waals surface area contributed by atoms with Gasteiger partial charge in [0.1, 0.15) is 4.90 Å². The molecule has 0 spiro atoms. The van der Waals surface area contributed by atoms with Gasteiger partial charge in [-0.3, -0.25) is 4.68 Å². The van der Waals surface area contributed by atoms with Gasteiger partial charge in [-0.05, 0) is 26.7 Å². The summed E-state index contributed by atoms with van der Waals surface area (Å²) >= 11 is 0. The van der Waals surface area contributed by atoms with Gasteiger partial charge in [0.15, 0.2) is 0 Å². The van der Waals surface area contributed by atoms with Gasteiger partial charge in [0.25, 0.3) is 0 Å². The first-order chi connectivity index (χ1) is 8.20. The number of aliphatic hydroxyl groups excluding tert-OH is 1. The fraction of sp³-hybridized carbons (Fsp3) is 0.727. The van der Waals surface area contributed by atoms with Gasteiger partial charge in [0.05, 0.1) is 11.4 Å². The Bertz CT molecular complexity index is 522. The summed E-state index contributed by atoms with van der Waals surface area (Å²) in [6.45, 7) is 6.85. The Kier molecular flexibility index (Phi) is 4.52. The number of hydrogen-bond donors (Lipinski definition) is 2. The molecule has 1 rings (SSSR count). The molecule has 0 saturated carbocycles. The molecule has 0 aliphatic rings. The van der Waals surface area contributed by atoms with Crippen molar-refractivity contribution in [3.05, 3.63) is 11.4 Å². The molecular weight excluding hydrogens is 254 g/mol. The minimum absolute atomic E-state index is 0.0608. The predicted molar refractivity (Wildman–Crippen MR) is 68.7 cm³/mol. The summed E-state index contributed by atoms with van der Waals surface area (Å²) in [5.74, 6) is -0.142. The molecular formula is C11H21N3O3S. The van der Waals surface area contributed by atoms with Crippen LogP contribution in [0.1, 0.15) is 25.2 Å². The molecule has 6 nitrogen and oxygen atoms in total. The number of aromatic nitrogens is 2. The third kappa shape index (κ3) is 2.90. The highest BCUT2D eigenvalue weighted by atomic mass is 32.2. The third-order valence-corrected chi connectivity index (χ3v) is 5.00. The van der Waals surface area contributed by atoms with Crippen LogP contribution in [-0.4, -0.2) is 36.0 Å². The van der Waals surface area contributed by atoms with E-state index in [-0.39, 0.29) is 23.5 Å². The lowest BCUT2D eigenvalue weighted by molar-refractivity contribution is 0.216. The van der Waals surface area contributed by atoms with Crippen LogP contribution >= 0.6 is 0 Å². The van der Waals surface area contributed by atoms with Crippen LogP contribution in [0, 0.1) is 19.8 Å². The second-order valence-electron chi connectivity index (χ2n) is 4.69. The zero-order chi connectivity index (χ0) is 14.1. The fourth-order valence-electron chi connectivity index (χ4n) is 1.72. The van der Waals surface area contributed by atoms with Crippen molar-refractivity contribution in [3.63, 3.8) is 0 Å². The lowest BCUT2D eigenvalue weighted by Crippen LogP contribution is -2.38. The lowest BCUT2D eigenvalue weighted by Gasteiger charge is -2.19. The van der Waals surface area contributed by atoms with E-state index in [0.29, 0.717) is 11.4 Å². The summed E-state index contributed by atoms with van der Waals surface area (Å²) in [7, 11) is -1.89. The van der Waals surface area contributed by atoms with Crippen LogP contribution in [0.2, 0.25) is 0 Å². The number of rotatable bonds is 5. The SMILES string of the molecule is Cc1nn(C)c(C)c1S(=O)(=O)NC(C)C(C)CO. The van der Waals surface area contributed by atoms with Crippen molar-refractivity contribution in [3.8, 4) is 0 Å². The average Bonchev–Trinajstić information content (AvgIpc) is 2.51. The van der Waals surface area contributed by atoms with E-state index in [0.717, 1.165) is 0 Å². The molecule has 2 unspecified atom stereocenters. The number of aliphatic hydroxyl groups is 1. The van der Waals surface area contributed by atoms with Gasteiger partial charge in [0.2, 0.25) is 10.0 Å². The van der Waals surface area contributed by atoms with Crippen LogP contribution < -0.4 is 4.72 Å². The summed E-state index contributed by atoms with van der Waals surface area (Å²) in [4.78, 5) is 0.224. The molecule has 1 aromatic rings. The minimum atomic E-state index is -3.60. The van der Waals surface area contributed by atoms with E-state index in [4.69, 9.17) is 5.11 Å². The Morgan fingerprint density at radius 3 is 2.33 bits per heavy atom. The molecule has 0 fully saturated rings. The molecule has 0 aromatic carbocycles. The molecule has 0 aliphatic carbocycles. The molecule has 7 heteroatoms. The second-order valence-corrected chi connectivity index (χ2v) is 6.34. The Morgan fingerprint density at radius 1 is 1.39 bits per heavy atom. The topological polar surface area (TPSA) is 84.2 Å². The first-order valence-electron chi connectivity index (χ1n) is 5.84. The molecule has 0 saturated heterocycles. The van der Waals surface area contributed by atoms with E-state index in [2.05, 4.69) is 9.82 Å². The minimum Gasteiger partial charge on any atom is -0.396 e. The number of sulfonamides is 1. The zero-order valence-corrected chi connectivity index (χ0v) is 12.2. The van der Waals surface area contributed by atoms with Crippen molar-refractivity contribution < 1.29 is 13.5 Å². The van der Waals surface area contributed by atoms with E-state index >= 15 is 0 Å². The van der Waals surface area contributed by atoms with Crippen LogP contribution in [0.15, 0.2) is 4.90 Å². The van der Waals surface area contributed by atoms with Gasteiger partial charge >= 0.3 is 0 Å². The van der Waals surface area contributed by atoms with E-state index < -0.39 is 10.0 Å². The molecule has 104 valence electrons. The smallest absolute Gasteiger partial charge is 0.244 e. The van der Waals surface area contributed by atoms with Crippen molar-refractivity contribution >= 4 is 10.0 Å². The molecule has 0 bridgehead atoms. The molecule has 0 aliphatic heterocycles. The standard InChI is InChI=1S/C11H21N3O3S/c1-7(6-15)8(2)13-18(16,17)11-9(3)12-14(5)10(11)4/h7-8,13,15H,6H2,1-5H3. The van der Waals surface area contributed by atoms with Gasteiger partial charge in [-0.25, -0.2) is 13.1 Å². The summed E-state index contributed by atoms with van der Waals surface area (Å²) in [6, 6.07) is -0.334. The highest BCUT2D eigenvalue weighted by Crippen LogP contribution is 2.19. The molecule has 18 heavy (non-hydrogen) atoms. The second kappa shape index (κ2) is 5.38. The molecule has 0 radical (unpaired) electrons. The number of nitrogens with one attached hydrogen (secondary N) is 1. The summed E-state index contributed by atoms with van der Waals surface area (Å²) in [6.07, 6.45) is 0. The molecule has 2 atom stereocenters. The van der Waals surface area contributed by atoms with Crippen molar-refractivity contribution in [2.45, 2.75) is 38.6 Å². The molecule has 0 amide bonds. The maximum Gasteiger partial charge on any atom is 0.244 e. The van der Waals surface area contributed by atoms with Crippen LogP contribution in [0.25, 0.3) is 0 Å². The van der Waals surface area contributed by atoms with E-state index in [1.54, 1.807) is 39.4 Å². The predicted octanol–water partition coefficient (Wildman–Crippen LogP) is 0.332. The van der Waals surface area contributed by atoms with Gasteiger partial charge in [-0.15, -0.1) is 0 Å². The number of aryl methyl sites for hydroxylation is 2. The Morgan fingerprint density at radius 2 is 1.94 bits per heavy atom. The van der Waals surface area contributed by atoms with Crippen molar-refractivity contribution in [1.29, 1.82) is 0 Å². The Hall–Kier alpha value is -0.920. The maximum atomic E-state index is 12.3. The number of nitrogens with zero attached hydrogens (tertiary/aromatic N) is 2. The van der Waals surface area contributed by atoms with Gasteiger partial charge < -0.3 is 5.11 Å². The first kappa shape index (κ1) is 15.1. The van der Waals surface area contributed by atoms with E-state index in [9.17, 15) is 8.42 Å². The van der Waals surface area contributed by atoms with Crippen molar-refractivity contribution in [2.24, 2.45) is 13.0 Å². The molecule has 2 N–H and O–H groups in total. The molecule has 1 aromatic heterocycles. The summed E-state index contributed by atoms with van der Waals surface area (Å²) in [5, 5.41) is 13.1. The fourth-order valence-corrected chi connectivity index (χ4v) is 3.51. The highest BCUT2D eigenvalue weighted by Gasteiger charge is 2.26. The quantitative estimate of drug-likeness (QED) is 0.811. The van der Waals surface area contributed by atoms with Crippen LogP contribution in [0.3, 0.4) is 0 Å². The Labute approximate surface area is 108 Å². The lowest BCUT2D eigenvalue weighted by atomic mass is 10.1. The third-order valence-electron chi connectivity index (χ3n) is 3.19. The van der Waals surface area contributed by atoms with Crippen LogP contribution in [0.5, 0.6) is 0 Å². The van der Waals surface area contributed by atoms with Crippen LogP contribution in [0.4, 0.5) is 0 Å². The zero-order valence-electron chi connectivity index (χ0n) is 11.4. The van der Waals surface area contributed by atoms with Crippen molar-refractivity contribution in [1.82, 2.24) is 14.5 Å². The van der Waals surface area contributed by atoms with Crippen LogP contribution in [-0.2, 0) is 17.1 Å². The van der Waals surface area contributed by atoms with E-state index in [1.807, 2.05) is 0 Å². The largest absolute Gasteiger partial charge is 0.396 e. The van der Waals surface area contributed by atoms with Gasteiger partial charge in [0, 0.05) is 19.7 Å². The first-order valence-corrected chi connectivity index (χ1v) is 7.32. The van der Waals surface area contributed by atoms with Gasteiger partial charge in [-0.1, -0.05) is 6.92 Å².